The number of carbonyl (C=O) groups is 1. The first-order valence-electron chi connectivity index (χ1n) is 8.56. The average molecular weight is 357 g/mol. The quantitative estimate of drug-likeness (QED) is 0.485. The van der Waals surface area contributed by atoms with E-state index in [0.717, 1.165) is 16.7 Å². The van der Waals surface area contributed by atoms with Crippen molar-refractivity contribution in [1.82, 2.24) is 0 Å². The van der Waals surface area contributed by atoms with E-state index in [-0.39, 0.29) is 6.61 Å². The Bertz CT molecular complexity index is 984. The number of hydrogen-bond acceptors (Lipinski definition) is 4. The van der Waals surface area contributed by atoms with E-state index in [1.807, 2.05) is 56.3 Å². The second-order valence-electron chi connectivity index (χ2n) is 6.22. The van der Waals surface area contributed by atoms with Crippen LogP contribution in [0.3, 0.4) is 0 Å². The minimum absolute atomic E-state index is 0.153. The summed E-state index contributed by atoms with van der Waals surface area (Å²) >= 11 is 0. The van der Waals surface area contributed by atoms with E-state index in [0.29, 0.717) is 17.1 Å². The van der Waals surface area contributed by atoms with Gasteiger partial charge in [-0.05, 0) is 72.5 Å². The zero-order chi connectivity index (χ0) is 19.2. The lowest BCUT2D eigenvalue weighted by Gasteiger charge is -2.09. The summed E-state index contributed by atoms with van der Waals surface area (Å²) in [4.78, 5) is 12.0. The topological polar surface area (TPSA) is 59.3 Å². The van der Waals surface area contributed by atoms with E-state index in [1.54, 1.807) is 24.3 Å². The Morgan fingerprint density at radius 2 is 1.44 bits per heavy atom. The third-order valence-corrected chi connectivity index (χ3v) is 4.27. The first-order valence-corrected chi connectivity index (χ1v) is 8.56. The van der Waals surface area contributed by atoms with Crippen molar-refractivity contribution in [1.29, 1.82) is 5.26 Å². The fourth-order valence-corrected chi connectivity index (χ4v) is 2.56. The number of hydrogen-bond donors (Lipinski definition) is 0. The minimum Gasteiger partial charge on any atom is -0.482 e. The molecule has 0 fully saturated rings. The number of esters is 1. The summed E-state index contributed by atoms with van der Waals surface area (Å²) in [6.07, 6.45) is 0. The molecule has 0 aliphatic heterocycles. The summed E-state index contributed by atoms with van der Waals surface area (Å²) in [5.74, 6) is 0.645. The van der Waals surface area contributed by atoms with Crippen LogP contribution in [0.5, 0.6) is 11.5 Å². The van der Waals surface area contributed by atoms with Crippen LogP contribution in [0.15, 0.2) is 66.7 Å². The summed E-state index contributed by atoms with van der Waals surface area (Å²) in [6.45, 7) is 3.87. The zero-order valence-corrected chi connectivity index (χ0v) is 15.2. The molecule has 0 atom stereocenters. The van der Waals surface area contributed by atoms with Crippen LogP contribution in [0.25, 0.3) is 11.1 Å². The second-order valence-corrected chi connectivity index (χ2v) is 6.22. The van der Waals surface area contributed by atoms with E-state index < -0.39 is 5.97 Å². The minimum atomic E-state index is -0.459. The molecule has 0 saturated heterocycles. The Hall–Kier alpha value is -3.58. The highest BCUT2D eigenvalue weighted by Crippen LogP contribution is 2.23. The number of carbonyl (C=O) groups excluding carboxylic acids is 1. The van der Waals surface area contributed by atoms with Gasteiger partial charge < -0.3 is 9.47 Å². The summed E-state index contributed by atoms with van der Waals surface area (Å²) in [7, 11) is 0. The maximum absolute atomic E-state index is 12.0. The molecule has 0 heterocycles. The van der Waals surface area contributed by atoms with E-state index in [1.165, 1.54) is 5.56 Å². The second kappa shape index (κ2) is 8.20. The molecule has 0 radical (unpaired) electrons. The van der Waals surface area contributed by atoms with Gasteiger partial charge in [0.05, 0.1) is 11.6 Å². The molecule has 27 heavy (non-hydrogen) atoms. The highest BCUT2D eigenvalue weighted by Gasteiger charge is 2.07. The van der Waals surface area contributed by atoms with Gasteiger partial charge in [0.2, 0.25) is 0 Å². The van der Waals surface area contributed by atoms with Gasteiger partial charge in [-0.2, -0.15) is 5.26 Å². The molecule has 3 rings (SSSR count). The molecular weight excluding hydrogens is 338 g/mol. The smallest absolute Gasteiger partial charge is 0.349 e. The molecule has 0 amide bonds. The highest BCUT2D eigenvalue weighted by molar-refractivity contribution is 5.74. The van der Waals surface area contributed by atoms with Crippen LogP contribution in [-0.2, 0) is 4.79 Å². The Balaban J connectivity index is 1.57. The lowest BCUT2D eigenvalue weighted by Crippen LogP contribution is -2.17. The van der Waals surface area contributed by atoms with Gasteiger partial charge in [-0.25, -0.2) is 4.79 Å². The molecule has 0 saturated carbocycles. The molecule has 0 N–H and O–H groups in total. The Kier molecular flexibility index (Phi) is 5.53. The van der Waals surface area contributed by atoms with Gasteiger partial charge in [-0.3, -0.25) is 0 Å². The predicted molar refractivity (Wildman–Crippen MR) is 104 cm³/mol. The first-order chi connectivity index (χ1) is 13.0. The summed E-state index contributed by atoms with van der Waals surface area (Å²) < 4.78 is 10.8. The molecule has 4 nitrogen and oxygen atoms in total. The van der Waals surface area contributed by atoms with Crippen LogP contribution >= 0.6 is 0 Å². The van der Waals surface area contributed by atoms with Gasteiger partial charge in [0, 0.05) is 0 Å². The number of nitriles is 1. The molecule has 0 bridgehead atoms. The summed E-state index contributed by atoms with van der Waals surface area (Å²) in [5.41, 5.74) is 4.87. The number of nitrogens with zero attached hydrogens (tertiary/aromatic N) is 1. The molecular formula is C23H19NO3. The highest BCUT2D eigenvalue weighted by atomic mass is 16.6. The standard InChI is InChI=1S/C23H19NO3/c1-16-3-10-22(13-17(16)2)26-15-23(25)27-21-11-8-20(9-12-21)19-6-4-18(14-24)5-7-19/h3-13H,15H2,1-2H3. The van der Waals surface area contributed by atoms with Gasteiger partial charge in [-0.15, -0.1) is 0 Å². The number of ether oxygens (including phenoxy) is 2. The molecule has 0 aromatic heterocycles. The lowest BCUT2D eigenvalue weighted by atomic mass is 10.0. The Morgan fingerprint density at radius 1 is 0.852 bits per heavy atom. The normalized spacial score (nSPS) is 10.1. The molecule has 0 spiro atoms. The first kappa shape index (κ1) is 18.2. The number of rotatable bonds is 5. The van der Waals surface area contributed by atoms with Crippen LogP contribution in [0.4, 0.5) is 0 Å². The largest absolute Gasteiger partial charge is 0.482 e. The van der Waals surface area contributed by atoms with Crippen LogP contribution in [-0.4, -0.2) is 12.6 Å². The van der Waals surface area contributed by atoms with Gasteiger partial charge in [0.25, 0.3) is 0 Å². The van der Waals surface area contributed by atoms with E-state index in [9.17, 15) is 4.79 Å². The van der Waals surface area contributed by atoms with Crippen molar-refractivity contribution in [3.05, 3.63) is 83.4 Å². The third-order valence-electron chi connectivity index (χ3n) is 4.27. The van der Waals surface area contributed by atoms with E-state index >= 15 is 0 Å². The molecule has 3 aromatic carbocycles. The lowest BCUT2D eigenvalue weighted by molar-refractivity contribution is -0.136. The van der Waals surface area contributed by atoms with Gasteiger partial charge >= 0.3 is 5.97 Å². The molecule has 0 aliphatic carbocycles. The van der Waals surface area contributed by atoms with Crippen LogP contribution in [0, 0.1) is 25.2 Å². The van der Waals surface area contributed by atoms with Crippen molar-refractivity contribution in [3.8, 4) is 28.7 Å². The van der Waals surface area contributed by atoms with Crippen molar-refractivity contribution in [2.24, 2.45) is 0 Å². The van der Waals surface area contributed by atoms with Crippen molar-refractivity contribution >= 4 is 5.97 Å². The summed E-state index contributed by atoms with van der Waals surface area (Å²) in [6, 6.07) is 22.3. The molecule has 134 valence electrons. The fourth-order valence-electron chi connectivity index (χ4n) is 2.56. The van der Waals surface area contributed by atoms with Gasteiger partial charge in [0.1, 0.15) is 11.5 Å². The number of benzene rings is 3. The van der Waals surface area contributed by atoms with E-state index in [4.69, 9.17) is 14.7 Å². The third kappa shape index (κ3) is 4.74. The fraction of sp³-hybridized carbons (Fsp3) is 0.130. The molecule has 0 aliphatic rings. The van der Waals surface area contributed by atoms with Crippen LogP contribution in [0.1, 0.15) is 16.7 Å². The maximum Gasteiger partial charge on any atom is 0.349 e. The predicted octanol–water partition coefficient (Wildman–Crippen LogP) is 4.83. The molecule has 0 unspecified atom stereocenters. The van der Waals surface area contributed by atoms with Crippen molar-refractivity contribution in [2.45, 2.75) is 13.8 Å². The zero-order valence-electron chi connectivity index (χ0n) is 15.2. The van der Waals surface area contributed by atoms with Crippen LogP contribution in [0.2, 0.25) is 0 Å². The SMILES string of the molecule is Cc1ccc(OCC(=O)Oc2ccc(-c3ccc(C#N)cc3)cc2)cc1C. The van der Waals surface area contributed by atoms with Gasteiger partial charge in [-0.1, -0.05) is 30.3 Å². The van der Waals surface area contributed by atoms with Crippen molar-refractivity contribution < 1.29 is 14.3 Å². The summed E-state index contributed by atoms with van der Waals surface area (Å²) in [5, 5.41) is 8.85. The van der Waals surface area contributed by atoms with Crippen LogP contribution < -0.4 is 9.47 Å². The van der Waals surface area contributed by atoms with Gasteiger partial charge in [0.15, 0.2) is 6.61 Å². The van der Waals surface area contributed by atoms with Crippen molar-refractivity contribution in [3.63, 3.8) is 0 Å². The Labute approximate surface area is 158 Å². The monoisotopic (exact) mass is 357 g/mol. The molecule has 3 aromatic rings. The van der Waals surface area contributed by atoms with Crippen molar-refractivity contribution in [2.75, 3.05) is 6.61 Å². The Morgan fingerprint density at radius 3 is 2.04 bits per heavy atom. The number of aryl methyl sites for hydroxylation is 2. The molecule has 4 heteroatoms. The average Bonchev–Trinajstić information content (AvgIpc) is 2.69. The maximum atomic E-state index is 12.0. The van der Waals surface area contributed by atoms with E-state index in [2.05, 4.69) is 6.07 Å².